The first kappa shape index (κ1) is 13.0. The van der Waals surface area contributed by atoms with Gasteiger partial charge in [-0.05, 0) is 30.3 Å². The van der Waals surface area contributed by atoms with Gasteiger partial charge in [0, 0.05) is 16.3 Å². The number of amidine groups is 1. The first-order valence-electron chi connectivity index (χ1n) is 6.29. The third-order valence-corrected chi connectivity index (χ3v) is 3.43. The smallest absolute Gasteiger partial charge is 0.170 e. The number of hydrogen-bond donors (Lipinski definition) is 3. The van der Waals surface area contributed by atoms with Crippen LogP contribution in [0, 0.1) is 0 Å². The molecule has 0 saturated carbocycles. The number of fused-ring (bicyclic) bond motifs is 2. The first-order chi connectivity index (χ1) is 10.1. The lowest BCUT2D eigenvalue weighted by atomic mass is 10.1. The minimum absolute atomic E-state index is 0.0344. The highest BCUT2D eigenvalue weighted by molar-refractivity contribution is 6.09. The van der Waals surface area contributed by atoms with Crippen LogP contribution in [0.5, 0.6) is 5.75 Å². The summed E-state index contributed by atoms with van der Waals surface area (Å²) in [6.45, 7) is 0. The van der Waals surface area contributed by atoms with Crippen LogP contribution in [0.4, 0.5) is 5.69 Å². The summed E-state index contributed by atoms with van der Waals surface area (Å²) in [5.74, 6) is 0.760. The van der Waals surface area contributed by atoms with Gasteiger partial charge in [0.1, 0.15) is 5.75 Å². The third-order valence-electron chi connectivity index (χ3n) is 3.43. The summed E-state index contributed by atoms with van der Waals surface area (Å²) in [7, 11) is 1.61. The van der Waals surface area contributed by atoms with E-state index in [1.807, 2.05) is 24.3 Å². The molecule has 6 heteroatoms. The number of rotatable bonds is 2. The van der Waals surface area contributed by atoms with E-state index in [0.717, 1.165) is 22.0 Å². The van der Waals surface area contributed by atoms with E-state index in [1.54, 1.807) is 19.2 Å². The number of ether oxygens (including phenoxy) is 1. The van der Waals surface area contributed by atoms with Crippen molar-refractivity contribution in [1.29, 1.82) is 0 Å². The minimum Gasteiger partial charge on any atom is -0.497 e. The molecule has 0 atom stereocenters. The lowest BCUT2D eigenvalue weighted by Crippen LogP contribution is -2.12. The van der Waals surface area contributed by atoms with Gasteiger partial charge in [-0.15, -0.1) is 0 Å². The maximum atomic E-state index is 8.75. The average Bonchev–Trinajstić information content (AvgIpc) is 2.53. The third kappa shape index (κ3) is 2.06. The number of pyridine rings is 1. The van der Waals surface area contributed by atoms with E-state index in [-0.39, 0.29) is 5.84 Å². The Bertz CT molecular complexity index is 874. The number of benzene rings is 2. The van der Waals surface area contributed by atoms with Crippen molar-refractivity contribution in [3.05, 3.63) is 42.0 Å². The maximum Gasteiger partial charge on any atom is 0.170 e. The van der Waals surface area contributed by atoms with Crippen LogP contribution >= 0.6 is 0 Å². The molecule has 21 heavy (non-hydrogen) atoms. The highest BCUT2D eigenvalue weighted by Crippen LogP contribution is 2.31. The second kappa shape index (κ2) is 4.82. The molecule has 3 aromatic rings. The van der Waals surface area contributed by atoms with Gasteiger partial charge in [0.2, 0.25) is 0 Å². The lowest BCUT2D eigenvalue weighted by Gasteiger charge is -2.09. The van der Waals surface area contributed by atoms with Gasteiger partial charge in [-0.2, -0.15) is 0 Å². The standard InChI is InChI=1S/C15H14N4O2/c1-21-9-3-5-12-11(7-9)14(16)10-4-2-8(15(17)19-20)6-13(10)18-12/h2-7,20H,1H3,(H2,16,18)(H2,17,19). The fourth-order valence-electron chi connectivity index (χ4n) is 2.30. The molecule has 1 heterocycles. The average molecular weight is 282 g/mol. The molecule has 0 unspecified atom stereocenters. The highest BCUT2D eigenvalue weighted by atomic mass is 16.5. The van der Waals surface area contributed by atoms with Crippen LogP contribution in [0.3, 0.4) is 0 Å². The molecule has 0 aliphatic rings. The molecule has 0 aliphatic heterocycles. The molecule has 2 aromatic carbocycles. The van der Waals surface area contributed by atoms with Gasteiger partial charge in [0.05, 0.1) is 23.8 Å². The number of nitrogens with zero attached hydrogens (tertiary/aromatic N) is 2. The SMILES string of the molecule is COc1ccc2nc3cc(/C(N)=N\O)ccc3c(N)c2c1. The summed E-state index contributed by atoms with van der Waals surface area (Å²) in [5.41, 5.74) is 14.5. The van der Waals surface area contributed by atoms with Crippen molar-refractivity contribution >= 4 is 33.3 Å². The zero-order chi connectivity index (χ0) is 15.0. The van der Waals surface area contributed by atoms with E-state index in [9.17, 15) is 0 Å². The number of nitrogen functional groups attached to an aromatic ring is 1. The maximum absolute atomic E-state index is 8.75. The van der Waals surface area contributed by atoms with Gasteiger partial charge in [0.25, 0.3) is 0 Å². The van der Waals surface area contributed by atoms with E-state index < -0.39 is 0 Å². The van der Waals surface area contributed by atoms with Gasteiger partial charge in [-0.25, -0.2) is 4.98 Å². The number of anilines is 1. The largest absolute Gasteiger partial charge is 0.497 e. The minimum atomic E-state index is 0.0344. The van der Waals surface area contributed by atoms with Gasteiger partial charge >= 0.3 is 0 Å². The van der Waals surface area contributed by atoms with Crippen molar-refractivity contribution < 1.29 is 9.94 Å². The van der Waals surface area contributed by atoms with Crippen molar-refractivity contribution in [1.82, 2.24) is 4.98 Å². The van der Waals surface area contributed by atoms with Crippen molar-refractivity contribution in [2.75, 3.05) is 12.8 Å². The Morgan fingerprint density at radius 2 is 1.95 bits per heavy atom. The number of aromatic nitrogens is 1. The predicted molar refractivity (Wildman–Crippen MR) is 82.7 cm³/mol. The molecule has 0 amide bonds. The van der Waals surface area contributed by atoms with Gasteiger partial charge in [-0.3, -0.25) is 0 Å². The van der Waals surface area contributed by atoms with E-state index >= 15 is 0 Å². The predicted octanol–water partition coefficient (Wildman–Crippen LogP) is 2.07. The number of hydrogen-bond acceptors (Lipinski definition) is 5. The van der Waals surface area contributed by atoms with Crippen LogP contribution in [0.2, 0.25) is 0 Å². The van der Waals surface area contributed by atoms with Crippen LogP contribution in [0.15, 0.2) is 41.6 Å². The second-order valence-electron chi connectivity index (χ2n) is 4.63. The molecule has 106 valence electrons. The normalized spacial score (nSPS) is 12.0. The molecule has 1 aromatic heterocycles. The van der Waals surface area contributed by atoms with E-state index in [1.165, 1.54) is 0 Å². The van der Waals surface area contributed by atoms with Crippen molar-refractivity contribution in [3.63, 3.8) is 0 Å². The van der Waals surface area contributed by atoms with Crippen LogP contribution in [-0.4, -0.2) is 23.1 Å². The summed E-state index contributed by atoms with van der Waals surface area (Å²) in [6, 6.07) is 10.8. The summed E-state index contributed by atoms with van der Waals surface area (Å²) in [5, 5.41) is 13.4. The molecular formula is C15H14N4O2. The number of nitrogens with two attached hydrogens (primary N) is 2. The summed E-state index contributed by atoms with van der Waals surface area (Å²) < 4.78 is 5.21. The van der Waals surface area contributed by atoms with Gasteiger partial charge < -0.3 is 21.4 Å². The Balaban J connectivity index is 2.33. The molecule has 0 bridgehead atoms. The molecule has 5 N–H and O–H groups in total. The molecule has 0 spiro atoms. The van der Waals surface area contributed by atoms with Crippen LogP contribution in [-0.2, 0) is 0 Å². The summed E-state index contributed by atoms with van der Waals surface area (Å²) in [4.78, 5) is 4.56. The highest BCUT2D eigenvalue weighted by Gasteiger charge is 2.09. The molecule has 0 saturated heterocycles. The molecule has 0 fully saturated rings. The molecular weight excluding hydrogens is 268 g/mol. The van der Waals surface area contributed by atoms with E-state index in [2.05, 4.69) is 10.1 Å². The zero-order valence-corrected chi connectivity index (χ0v) is 11.4. The fraction of sp³-hybridized carbons (Fsp3) is 0.0667. The van der Waals surface area contributed by atoms with E-state index in [0.29, 0.717) is 16.8 Å². The zero-order valence-electron chi connectivity index (χ0n) is 11.4. The Labute approximate surface area is 120 Å². The lowest BCUT2D eigenvalue weighted by molar-refractivity contribution is 0.318. The monoisotopic (exact) mass is 282 g/mol. The number of oxime groups is 1. The fourth-order valence-corrected chi connectivity index (χ4v) is 2.30. The quantitative estimate of drug-likeness (QED) is 0.219. The van der Waals surface area contributed by atoms with Crippen LogP contribution in [0.1, 0.15) is 5.56 Å². The first-order valence-corrected chi connectivity index (χ1v) is 6.29. The van der Waals surface area contributed by atoms with Crippen molar-refractivity contribution in [3.8, 4) is 5.75 Å². The van der Waals surface area contributed by atoms with Crippen molar-refractivity contribution in [2.24, 2.45) is 10.9 Å². The Morgan fingerprint density at radius 1 is 1.14 bits per heavy atom. The molecule has 0 radical (unpaired) electrons. The molecule has 6 nitrogen and oxygen atoms in total. The van der Waals surface area contributed by atoms with Gasteiger partial charge in [0.15, 0.2) is 5.84 Å². The van der Waals surface area contributed by atoms with Gasteiger partial charge in [-0.1, -0.05) is 11.2 Å². The Kier molecular flexibility index (Phi) is 2.98. The Morgan fingerprint density at radius 3 is 2.67 bits per heavy atom. The second-order valence-corrected chi connectivity index (χ2v) is 4.63. The molecule has 0 aliphatic carbocycles. The topological polar surface area (TPSA) is 107 Å². The van der Waals surface area contributed by atoms with Crippen LogP contribution in [0.25, 0.3) is 21.8 Å². The Hall–Kier alpha value is -3.02. The number of methoxy groups -OCH3 is 1. The van der Waals surface area contributed by atoms with E-state index in [4.69, 9.17) is 21.4 Å². The summed E-state index contributed by atoms with van der Waals surface area (Å²) in [6.07, 6.45) is 0. The van der Waals surface area contributed by atoms with Crippen molar-refractivity contribution in [2.45, 2.75) is 0 Å². The summed E-state index contributed by atoms with van der Waals surface area (Å²) >= 11 is 0. The van der Waals surface area contributed by atoms with Crippen LogP contribution < -0.4 is 16.2 Å². The molecule has 3 rings (SSSR count).